The Morgan fingerprint density at radius 2 is 1.78 bits per heavy atom. The Balaban J connectivity index is 1.46. The Morgan fingerprint density at radius 1 is 0.972 bits per heavy atom. The van der Waals surface area contributed by atoms with Gasteiger partial charge >= 0.3 is 0 Å². The lowest BCUT2D eigenvalue weighted by atomic mass is 9.84. The van der Waals surface area contributed by atoms with Gasteiger partial charge in [0.15, 0.2) is 23.1 Å². The summed E-state index contributed by atoms with van der Waals surface area (Å²) in [5, 5.41) is 12.7. The van der Waals surface area contributed by atoms with Gasteiger partial charge in [-0.05, 0) is 54.4 Å². The number of amides is 1. The van der Waals surface area contributed by atoms with E-state index in [0.717, 1.165) is 35.8 Å². The third kappa shape index (κ3) is 3.01. The van der Waals surface area contributed by atoms with E-state index in [1.54, 1.807) is 11.0 Å². The second kappa shape index (κ2) is 7.83. The van der Waals surface area contributed by atoms with Gasteiger partial charge in [0, 0.05) is 34.5 Å². The quantitative estimate of drug-likeness (QED) is 0.558. The minimum absolute atomic E-state index is 0.0216. The number of hydrogen-bond donors (Lipinski definition) is 1. The molecule has 5 aliphatic rings. The summed E-state index contributed by atoms with van der Waals surface area (Å²) in [5.74, 6) is -1.48. The first-order valence-electron chi connectivity index (χ1n) is 12.1. The number of benzene rings is 2. The van der Waals surface area contributed by atoms with Crippen LogP contribution < -0.4 is 10.4 Å². The highest BCUT2D eigenvalue weighted by atomic mass is 32.2. The summed E-state index contributed by atoms with van der Waals surface area (Å²) in [7, 11) is 0. The molecule has 3 saturated carbocycles. The minimum Gasteiger partial charge on any atom is -0.502 e. The van der Waals surface area contributed by atoms with Gasteiger partial charge in [-0.1, -0.05) is 24.3 Å². The Kier molecular flexibility index (Phi) is 4.77. The molecule has 0 saturated heterocycles. The summed E-state index contributed by atoms with van der Waals surface area (Å²) in [6.45, 7) is 0.199. The lowest BCUT2D eigenvalue weighted by Gasteiger charge is -2.46. The minimum atomic E-state index is -0.901. The maximum atomic E-state index is 15.1. The second-order valence-corrected chi connectivity index (χ2v) is 11.2. The molecule has 184 valence electrons. The van der Waals surface area contributed by atoms with E-state index >= 15 is 4.39 Å². The molecule has 3 fully saturated rings. The van der Waals surface area contributed by atoms with Crippen molar-refractivity contribution in [3.63, 3.8) is 0 Å². The number of halogens is 2. The fourth-order valence-corrected chi connectivity index (χ4v) is 7.63. The average molecular weight is 508 g/mol. The number of hydrogen-bond acceptors (Lipinski definition) is 5. The van der Waals surface area contributed by atoms with Gasteiger partial charge in [0.1, 0.15) is 6.67 Å². The van der Waals surface area contributed by atoms with Crippen LogP contribution in [-0.4, -0.2) is 33.3 Å². The molecule has 2 aliphatic heterocycles. The van der Waals surface area contributed by atoms with E-state index in [-0.39, 0.29) is 35.6 Å². The zero-order valence-electron chi connectivity index (χ0n) is 19.2. The number of carbonyl (C=O) groups excluding carboxylic acids is 1. The molecule has 1 amide bonds. The van der Waals surface area contributed by atoms with Crippen LogP contribution in [0.2, 0.25) is 0 Å². The summed E-state index contributed by atoms with van der Waals surface area (Å²) in [4.78, 5) is 28.8. The number of aromatic nitrogens is 1. The number of fused-ring (bicyclic) bond motifs is 4. The summed E-state index contributed by atoms with van der Waals surface area (Å²) in [6.07, 6.45) is 4.55. The van der Waals surface area contributed by atoms with Crippen molar-refractivity contribution in [2.75, 3.05) is 11.7 Å². The number of thioether (sulfide) groups is 1. The van der Waals surface area contributed by atoms with E-state index in [0.29, 0.717) is 17.4 Å². The Labute approximate surface area is 210 Å². The van der Waals surface area contributed by atoms with Crippen molar-refractivity contribution in [3.05, 3.63) is 92.9 Å². The topological polar surface area (TPSA) is 65.8 Å². The molecule has 3 aromatic rings. The van der Waals surface area contributed by atoms with E-state index in [1.165, 1.54) is 28.7 Å². The Morgan fingerprint density at radius 3 is 2.56 bits per heavy atom. The van der Waals surface area contributed by atoms with Gasteiger partial charge in [0.2, 0.25) is 5.43 Å². The normalized spacial score (nSPS) is 26.1. The van der Waals surface area contributed by atoms with Crippen LogP contribution in [0.1, 0.15) is 52.5 Å². The monoisotopic (exact) mass is 507 g/mol. The SMILES string of the molecule is O=C1c2c(O)c(=O)ccn2N([C@@H]2c3ccccc3SCc3c2ccc(F)c3F)CN1C1CC2CC1C2. The fourth-order valence-electron chi connectivity index (χ4n) is 6.51. The molecule has 3 aliphatic carbocycles. The molecule has 1 N–H and O–H groups in total. The van der Waals surface area contributed by atoms with Gasteiger partial charge < -0.3 is 10.0 Å². The van der Waals surface area contributed by atoms with Gasteiger partial charge in [0.25, 0.3) is 5.91 Å². The van der Waals surface area contributed by atoms with E-state index < -0.39 is 28.9 Å². The van der Waals surface area contributed by atoms with Crippen LogP contribution in [-0.2, 0) is 5.75 Å². The molecule has 3 heterocycles. The maximum absolute atomic E-state index is 15.1. The fraction of sp³-hybridized carbons (Fsp3) is 0.333. The van der Waals surface area contributed by atoms with Crippen LogP contribution in [0.25, 0.3) is 0 Å². The summed E-state index contributed by atoms with van der Waals surface area (Å²) < 4.78 is 31.0. The van der Waals surface area contributed by atoms with Gasteiger partial charge in [-0.3, -0.25) is 19.3 Å². The summed E-state index contributed by atoms with van der Waals surface area (Å²) in [6, 6.07) is 11.1. The van der Waals surface area contributed by atoms with Crippen LogP contribution in [0.5, 0.6) is 5.75 Å². The lowest BCUT2D eigenvalue weighted by Crippen LogP contribution is -2.58. The number of rotatable bonds is 2. The predicted octanol–water partition coefficient (Wildman–Crippen LogP) is 4.38. The molecular formula is C27H23F2N3O3S. The van der Waals surface area contributed by atoms with Gasteiger partial charge in [-0.2, -0.15) is 0 Å². The van der Waals surface area contributed by atoms with Crippen molar-refractivity contribution in [1.82, 2.24) is 9.58 Å². The van der Waals surface area contributed by atoms with E-state index in [2.05, 4.69) is 0 Å². The van der Waals surface area contributed by atoms with Crippen LogP contribution in [0.15, 0.2) is 58.4 Å². The molecule has 2 aromatic carbocycles. The molecule has 1 aromatic heterocycles. The highest BCUT2D eigenvalue weighted by Gasteiger charge is 2.51. The predicted molar refractivity (Wildman–Crippen MR) is 130 cm³/mol. The lowest BCUT2D eigenvalue weighted by molar-refractivity contribution is 0.0548. The van der Waals surface area contributed by atoms with Crippen molar-refractivity contribution in [2.24, 2.45) is 11.8 Å². The largest absolute Gasteiger partial charge is 0.502 e. The average Bonchev–Trinajstić information content (AvgIpc) is 3.41. The molecule has 9 heteroatoms. The highest BCUT2D eigenvalue weighted by molar-refractivity contribution is 7.98. The van der Waals surface area contributed by atoms with E-state index in [4.69, 9.17) is 0 Å². The van der Waals surface area contributed by atoms with Crippen molar-refractivity contribution in [1.29, 1.82) is 0 Å². The summed E-state index contributed by atoms with van der Waals surface area (Å²) >= 11 is 1.44. The molecule has 0 radical (unpaired) electrons. The number of nitrogens with zero attached hydrogens (tertiary/aromatic N) is 3. The third-order valence-corrected chi connectivity index (χ3v) is 9.41. The first kappa shape index (κ1) is 21.9. The van der Waals surface area contributed by atoms with Crippen LogP contribution >= 0.6 is 11.8 Å². The molecule has 6 nitrogen and oxygen atoms in total. The maximum Gasteiger partial charge on any atom is 0.278 e. The number of pyridine rings is 1. The number of aromatic hydroxyl groups is 1. The van der Waals surface area contributed by atoms with Crippen LogP contribution in [0.3, 0.4) is 0 Å². The van der Waals surface area contributed by atoms with Crippen molar-refractivity contribution in [2.45, 2.75) is 42.0 Å². The van der Waals surface area contributed by atoms with Gasteiger partial charge in [-0.25, -0.2) is 8.78 Å². The zero-order chi connectivity index (χ0) is 24.7. The number of carbonyl (C=O) groups is 1. The second-order valence-electron chi connectivity index (χ2n) is 10.1. The Hall–Kier alpha value is -3.33. The third-order valence-electron chi connectivity index (χ3n) is 8.29. The first-order valence-corrected chi connectivity index (χ1v) is 13.1. The van der Waals surface area contributed by atoms with Crippen LogP contribution in [0.4, 0.5) is 8.78 Å². The van der Waals surface area contributed by atoms with E-state index in [9.17, 15) is 19.1 Å². The molecule has 0 spiro atoms. The smallest absolute Gasteiger partial charge is 0.278 e. The molecule has 1 unspecified atom stereocenters. The van der Waals surface area contributed by atoms with Crippen molar-refractivity contribution < 1.29 is 18.7 Å². The molecule has 2 bridgehead atoms. The first-order chi connectivity index (χ1) is 17.4. The molecule has 36 heavy (non-hydrogen) atoms. The van der Waals surface area contributed by atoms with E-state index in [1.807, 2.05) is 29.3 Å². The van der Waals surface area contributed by atoms with Crippen molar-refractivity contribution >= 4 is 17.7 Å². The van der Waals surface area contributed by atoms with Gasteiger partial charge in [-0.15, -0.1) is 11.8 Å². The van der Waals surface area contributed by atoms with Crippen LogP contribution in [0, 0.1) is 23.5 Å². The highest BCUT2D eigenvalue weighted by Crippen LogP contribution is 2.52. The standard InChI is InChI=1S/C27H23F2N3O3S/c28-19-6-5-16-18(23(19)29)12-36-22-4-2-1-3-17(22)24(16)32-13-30(20-11-14-9-15(20)10-14)27(35)25-26(34)21(33)7-8-31(25)32/h1-8,14-15,20,24,34H,9-13H2/t14?,15?,20?,24-/m0/s1. The summed E-state index contributed by atoms with van der Waals surface area (Å²) in [5.41, 5.74) is 1.05. The molecule has 8 rings (SSSR count). The zero-order valence-corrected chi connectivity index (χ0v) is 20.0. The van der Waals surface area contributed by atoms with Gasteiger partial charge in [0.05, 0.1) is 6.04 Å². The van der Waals surface area contributed by atoms with Crippen molar-refractivity contribution in [3.8, 4) is 5.75 Å². The molecular weight excluding hydrogens is 484 g/mol. The Bertz CT molecular complexity index is 1490. The molecule has 2 atom stereocenters.